The lowest BCUT2D eigenvalue weighted by Gasteiger charge is -2.12. The average molecular weight is 304 g/mol. The molecule has 1 fully saturated rings. The topological polar surface area (TPSA) is 47.0 Å². The van der Waals surface area contributed by atoms with Crippen LogP contribution in [0.25, 0.3) is 12.2 Å². The first-order valence-electron chi connectivity index (χ1n) is 6.81. The molecule has 0 aromatic carbocycles. The molecular weight excluding hydrogens is 286 g/mol. The largest absolute Gasteiger partial charge is 0.487 e. The number of nitrogens with zero attached hydrogens (tertiary/aromatic N) is 2. The van der Waals surface area contributed by atoms with Crippen LogP contribution in [0.3, 0.4) is 0 Å². The molecule has 21 heavy (non-hydrogen) atoms. The number of pyridine rings is 2. The standard InChI is InChI=1S/C16H17N3O.ClH/c1(13-3-6-17-7-4-13)2-14-9-16(12-19-10-14)20-15-5-8-18-11-15;/h1-4,6-7,9-10,12,15,18H,5,8,11H2;1H/t15-;/m0./s1. The normalized spacial score (nSPS) is 17.6. The smallest absolute Gasteiger partial charge is 0.138 e. The van der Waals surface area contributed by atoms with E-state index in [9.17, 15) is 0 Å². The minimum Gasteiger partial charge on any atom is -0.487 e. The Balaban J connectivity index is 0.00000161. The van der Waals surface area contributed by atoms with Gasteiger partial charge in [0.15, 0.2) is 0 Å². The molecule has 0 aliphatic carbocycles. The van der Waals surface area contributed by atoms with E-state index in [1.807, 2.05) is 36.5 Å². The first-order valence-corrected chi connectivity index (χ1v) is 6.81. The van der Waals surface area contributed by atoms with Gasteiger partial charge in [-0.25, -0.2) is 0 Å². The second kappa shape index (κ2) is 7.76. The number of hydrogen-bond acceptors (Lipinski definition) is 4. The van der Waals surface area contributed by atoms with Crippen molar-refractivity contribution in [1.82, 2.24) is 15.3 Å². The maximum absolute atomic E-state index is 5.90. The maximum Gasteiger partial charge on any atom is 0.138 e. The van der Waals surface area contributed by atoms with Gasteiger partial charge in [0, 0.05) is 25.1 Å². The predicted octanol–water partition coefficient (Wildman–Crippen LogP) is 2.81. The summed E-state index contributed by atoms with van der Waals surface area (Å²) in [6.07, 6.45) is 12.5. The van der Waals surface area contributed by atoms with Crippen LogP contribution >= 0.6 is 12.4 Å². The van der Waals surface area contributed by atoms with Crippen molar-refractivity contribution in [2.24, 2.45) is 0 Å². The van der Waals surface area contributed by atoms with Gasteiger partial charge in [-0.3, -0.25) is 9.97 Å². The predicted molar refractivity (Wildman–Crippen MR) is 86.6 cm³/mol. The summed E-state index contributed by atoms with van der Waals surface area (Å²) < 4.78 is 5.90. The summed E-state index contributed by atoms with van der Waals surface area (Å²) in [6, 6.07) is 5.95. The van der Waals surface area contributed by atoms with E-state index in [0.717, 1.165) is 36.4 Å². The lowest BCUT2D eigenvalue weighted by molar-refractivity contribution is 0.222. The highest BCUT2D eigenvalue weighted by Crippen LogP contribution is 2.17. The van der Waals surface area contributed by atoms with Crippen LogP contribution in [0.5, 0.6) is 5.75 Å². The van der Waals surface area contributed by atoms with Gasteiger partial charge >= 0.3 is 0 Å². The zero-order chi connectivity index (χ0) is 13.6. The van der Waals surface area contributed by atoms with Crippen molar-refractivity contribution >= 4 is 24.6 Å². The molecule has 3 rings (SSSR count). The number of ether oxygens (including phenoxy) is 1. The van der Waals surface area contributed by atoms with Crippen molar-refractivity contribution in [3.05, 3.63) is 54.1 Å². The minimum atomic E-state index is 0. The Labute approximate surface area is 130 Å². The highest BCUT2D eigenvalue weighted by Gasteiger charge is 2.15. The van der Waals surface area contributed by atoms with E-state index in [1.165, 1.54) is 0 Å². The maximum atomic E-state index is 5.90. The zero-order valence-electron chi connectivity index (χ0n) is 11.6. The van der Waals surface area contributed by atoms with E-state index >= 15 is 0 Å². The molecule has 0 bridgehead atoms. The monoisotopic (exact) mass is 303 g/mol. The van der Waals surface area contributed by atoms with Gasteiger partial charge in [-0.05, 0) is 42.3 Å². The molecule has 0 unspecified atom stereocenters. The summed E-state index contributed by atoms with van der Waals surface area (Å²) in [5, 5.41) is 3.29. The van der Waals surface area contributed by atoms with Gasteiger partial charge in [0.05, 0.1) is 6.20 Å². The summed E-state index contributed by atoms with van der Waals surface area (Å²) in [5.74, 6) is 0.829. The fourth-order valence-corrected chi connectivity index (χ4v) is 2.18. The van der Waals surface area contributed by atoms with Crippen LogP contribution in [0.4, 0.5) is 0 Å². The number of aromatic nitrogens is 2. The SMILES string of the molecule is C(=Cc1cncc(O[C@H]2CCNC2)c1)c1ccncc1.Cl. The fraction of sp³-hybridized carbons (Fsp3) is 0.250. The Morgan fingerprint density at radius 2 is 1.90 bits per heavy atom. The Bertz CT molecular complexity index is 583. The van der Waals surface area contributed by atoms with Crippen molar-refractivity contribution < 1.29 is 4.74 Å². The van der Waals surface area contributed by atoms with E-state index in [1.54, 1.807) is 18.6 Å². The summed E-state index contributed by atoms with van der Waals surface area (Å²) in [7, 11) is 0. The first kappa shape index (κ1) is 15.5. The molecular formula is C16H18ClN3O. The Kier molecular flexibility index (Phi) is 5.72. The molecule has 2 aromatic heterocycles. The Morgan fingerprint density at radius 1 is 1.10 bits per heavy atom. The van der Waals surface area contributed by atoms with Crippen LogP contribution in [0.2, 0.25) is 0 Å². The molecule has 0 amide bonds. The first-order chi connectivity index (χ1) is 9.90. The van der Waals surface area contributed by atoms with E-state index < -0.39 is 0 Å². The summed E-state index contributed by atoms with van der Waals surface area (Å²) in [4.78, 5) is 8.23. The molecule has 1 N–H and O–H groups in total. The highest BCUT2D eigenvalue weighted by atomic mass is 35.5. The van der Waals surface area contributed by atoms with Gasteiger partial charge < -0.3 is 10.1 Å². The number of rotatable bonds is 4. The van der Waals surface area contributed by atoms with Crippen LogP contribution in [0.1, 0.15) is 17.5 Å². The molecule has 0 radical (unpaired) electrons. The van der Waals surface area contributed by atoms with Crippen molar-refractivity contribution in [1.29, 1.82) is 0 Å². The quantitative estimate of drug-likeness (QED) is 0.943. The van der Waals surface area contributed by atoms with Crippen LogP contribution in [-0.4, -0.2) is 29.2 Å². The Morgan fingerprint density at radius 3 is 2.67 bits per heavy atom. The molecule has 0 saturated carbocycles. The summed E-state index contributed by atoms with van der Waals surface area (Å²) >= 11 is 0. The van der Waals surface area contributed by atoms with Gasteiger partial charge in [-0.15, -0.1) is 12.4 Å². The van der Waals surface area contributed by atoms with Crippen molar-refractivity contribution in [3.63, 3.8) is 0 Å². The van der Waals surface area contributed by atoms with Crippen LogP contribution in [0.15, 0.2) is 43.0 Å². The second-order valence-electron chi connectivity index (χ2n) is 4.80. The highest BCUT2D eigenvalue weighted by molar-refractivity contribution is 5.85. The van der Waals surface area contributed by atoms with Gasteiger partial charge in [0.25, 0.3) is 0 Å². The molecule has 5 heteroatoms. The van der Waals surface area contributed by atoms with Crippen LogP contribution < -0.4 is 10.1 Å². The number of halogens is 1. The average Bonchev–Trinajstić information content (AvgIpc) is 3.00. The Hall–Kier alpha value is -1.91. The van der Waals surface area contributed by atoms with Crippen LogP contribution in [0, 0.1) is 0 Å². The zero-order valence-corrected chi connectivity index (χ0v) is 12.4. The van der Waals surface area contributed by atoms with Gasteiger partial charge in [0.1, 0.15) is 11.9 Å². The molecule has 1 atom stereocenters. The third-order valence-electron chi connectivity index (χ3n) is 3.23. The lowest BCUT2D eigenvalue weighted by Crippen LogP contribution is -2.19. The molecule has 1 aliphatic heterocycles. The molecule has 110 valence electrons. The van der Waals surface area contributed by atoms with Gasteiger partial charge in [0.2, 0.25) is 0 Å². The van der Waals surface area contributed by atoms with Crippen molar-refractivity contribution in [2.45, 2.75) is 12.5 Å². The third kappa shape index (κ3) is 4.55. The fourth-order valence-electron chi connectivity index (χ4n) is 2.18. The number of nitrogens with one attached hydrogen (secondary N) is 1. The lowest BCUT2D eigenvalue weighted by atomic mass is 10.2. The van der Waals surface area contributed by atoms with E-state index in [2.05, 4.69) is 15.3 Å². The summed E-state index contributed by atoms with van der Waals surface area (Å²) in [6.45, 7) is 1.94. The van der Waals surface area contributed by atoms with Gasteiger partial charge in [-0.1, -0.05) is 12.2 Å². The van der Waals surface area contributed by atoms with Crippen molar-refractivity contribution in [3.8, 4) is 5.75 Å². The summed E-state index contributed by atoms with van der Waals surface area (Å²) in [5.41, 5.74) is 2.15. The van der Waals surface area contributed by atoms with Gasteiger partial charge in [-0.2, -0.15) is 0 Å². The molecule has 4 nitrogen and oxygen atoms in total. The number of hydrogen-bond donors (Lipinski definition) is 1. The minimum absolute atomic E-state index is 0. The molecule has 0 spiro atoms. The molecule has 3 heterocycles. The van der Waals surface area contributed by atoms with E-state index in [0.29, 0.717) is 0 Å². The second-order valence-corrected chi connectivity index (χ2v) is 4.80. The van der Waals surface area contributed by atoms with Crippen molar-refractivity contribution in [2.75, 3.05) is 13.1 Å². The molecule has 1 saturated heterocycles. The molecule has 2 aromatic rings. The third-order valence-corrected chi connectivity index (χ3v) is 3.23. The van der Waals surface area contributed by atoms with E-state index in [-0.39, 0.29) is 18.5 Å². The molecule has 1 aliphatic rings. The van der Waals surface area contributed by atoms with Crippen LogP contribution in [-0.2, 0) is 0 Å². The van der Waals surface area contributed by atoms with E-state index in [4.69, 9.17) is 4.74 Å².